The fraction of sp³-hybridized carbons (Fsp3) is 0.462. The van der Waals surface area contributed by atoms with Crippen LogP contribution in [0.5, 0.6) is 0 Å². The number of benzene rings is 1. The van der Waals surface area contributed by atoms with Crippen molar-refractivity contribution in [3.63, 3.8) is 0 Å². The van der Waals surface area contributed by atoms with E-state index in [1.165, 1.54) is 0 Å². The Balaban J connectivity index is 0.00000289. The third kappa shape index (κ3) is 5.49. The number of ether oxygens (including phenoxy) is 1. The van der Waals surface area contributed by atoms with Crippen LogP contribution in [-0.4, -0.2) is 44.2 Å². The van der Waals surface area contributed by atoms with Crippen LogP contribution in [0.15, 0.2) is 30.3 Å². The highest BCUT2D eigenvalue weighted by atomic mass is 35.5. The summed E-state index contributed by atoms with van der Waals surface area (Å²) in [5.74, 6) is -0.0501. The molecule has 1 aromatic rings. The zero-order chi connectivity index (χ0) is 12.7. The molecule has 102 valence electrons. The Kier molecular flexibility index (Phi) is 8.37. The third-order valence-corrected chi connectivity index (χ3v) is 2.62. The van der Waals surface area contributed by atoms with Crippen molar-refractivity contribution in [2.75, 3.05) is 27.3 Å². The second-order valence-corrected chi connectivity index (χ2v) is 4.05. The Morgan fingerprint density at radius 3 is 2.56 bits per heavy atom. The largest absolute Gasteiger partial charge is 0.383 e. The molecule has 1 atom stereocenters. The molecule has 18 heavy (non-hydrogen) atoms. The van der Waals surface area contributed by atoms with Crippen LogP contribution in [-0.2, 0) is 16.0 Å². The van der Waals surface area contributed by atoms with Crippen molar-refractivity contribution in [3.8, 4) is 0 Å². The van der Waals surface area contributed by atoms with Crippen molar-refractivity contribution >= 4 is 18.3 Å². The molecule has 4 nitrogen and oxygen atoms in total. The number of carbonyl (C=O) groups excluding carboxylic acids is 1. The number of carbonyl (C=O) groups is 1. The summed E-state index contributed by atoms with van der Waals surface area (Å²) in [7, 11) is 3.36. The van der Waals surface area contributed by atoms with Gasteiger partial charge in [0.2, 0.25) is 5.91 Å². The smallest absolute Gasteiger partial charge is 0.239 e. The van der Waals surface area contributed by atoms with Crippen LogP contribution < -0.4 is 5.73 Å². The molecule has 5 heteroatoms. The van der Waals surface area contributed by atoms with Crippen LogP contribution in [0, 0.1) is 0 Å². The molecule has 1 rings (SSSR count). The molecule has 0 saturated carbocycles. The predicted octanol–water partition coefficient (Wildman–Crippen LogP) is 1.08. The second kappa shape index (κ2) is 8.91. The molecule has 0 heterocycles. The first kappa shape index (κ1) is 16.9. The predicted molar refractivity (Wildman–Crippen MR) is 74.9 cm³/mol. The van der Waals surface area contributed by atoms with E-state index in [0.29, 0.717) is 19.6 Å². The lowest BCUT2D eigenvalue weighted by Gasteiger charge is -2.21. The molecule has 1 aromatic carbocycles. The monoisotopic (exact) mass is 272 g/mol. The summed E-state index contributed by atoms with van der Waals surface area (Å²) < 4.78 is 4.93. The highest BCUT2D eigenvalue weighted by molar-refractivity contribution is 5.85. The van der Waals surface area contributed by atoms with E-state index in [1.54, 1.807) is 19.1 Å². The second-order valence-electron chi connectivity index (χ2n) is 4.05. The van der Waals surface area contributed by atoms with Crippen LogP contribution in [0.4, 0.5) is 0 Å². The molecule has 0 fully saturated rings. The molecule has 1 unspecified atom stereocenters. The van der Waals surface area contributed by atoms with Gasteiger partial charge in [0.1, 0.15) is 0 Å². The highest BCUT2D eigenvalue weighted by Crippen LogP contribution is 2.03. The van der Waals surface area contributed by atoms with Crippen LogP contribution in [0.1, 0.15) is 5.56 Å². The van der Waals surface area contributed by atoms with Gasteiger partial charge in [-0.25, -0.2) is 0 Å². The van der Waals surface area contributed by atoms with E-state index in [-0.39, 0.29) is 18.3 Å². The van der Waals surface area contributed by atoms with Gasteiger partial charge in [-0.15, -0.1) is 12.4 Å². The molecule has 0 aromatic heterocycles. The summed E-state index contributed by atoms with van der Waals surface area (Å²) in [6.07, 6.45) is 0.566. The maximum atomic E-state index is 11.9. The molecule has 0 radical (unpaired) electrons. The average Bonchev–Trinajstić information content (AvgIpc) is 2.36. The number of methoxy groups -OCH3 is 1. The third-order valence-electron chi connectivity index (χ3n) is 2.62. The van der Waals surface area contributed by atoms with Crippen LogP contribution in [0.3, 0.4) is 0 Å². The van der Waals surface area contributed by atoms with Gasteiger partial charge in [0.05, 0.1) is 12.6 Å². The normalized spacial score (nSPS) is 11.5. The van der Waals surface area contributed by atoms with Gasteiger partial charge in [-0.05, 0) is 12.0 Å². The number of nitrogens with two attached hydrogens (primary N) is 1. The van der Waals surface area contributed by atoms with Crippen molar-refractivity contribution in [1.29, 1.82) is 0 Å². The van der Waals surface area contributed by atoms with Crippen molar-refractivity contribution in [1.82, 2.24) is 4.90 Å². The van der Waals surface area contributed by atoms with Crippen molar-refractivity contribution in [3.05, 3.63) is 35.9 Å². The van der Waals surface area contributed by atoms with Gasteiger partial charge in [-0.3, -0.25) is 4.79 Å². The summed E-state index contributed by atoms with van der Waals surface area (Å²) in [5, 5.41) is 0. The lowest BCUT2D eigenvalue weighted by atomic mass is 10.1. The van der Waals surface area contributed by atoms with Gasteiger partial charge in [0.25, 0.3) is 0 Å². The molecule has 2 N–H and O–H groups in total. The maximum absolute atomic E-state index is 11.9. The maximum Gasteiger partial charge on any atom is 0.239 e. The van der Waals surface area contributed by atoms with Gasteiger partial charge in [-0.2, -0.15) is 0 Å². The molecule has 0 aliphatic rings. The number of hydrogen-bond donors (Lipinski definition) is 1. The number of nitrogens with zero attached hydrogens (tertiary/aromatic N) is 1. The standard InChI is InChI=1S/C13H20N2O2.ClH/c1-15(8-9-17-2)13(16)12(14)10-11-6-4-3-5-7-11;/h3-7,12H,8-10,14H2,1-2H3;1H. The van der Waals surface area contributed by atoms with Gasteiger partial charge < -0.3 is 15.4 Å². The fourth-order valence-electron chi connectivity index (χ4n) is 1.58. The van der Waals surface area contributed by atoms with Crippen molar-refractivity contribution in [2.24, 2.45) is 5.73 Å². The topological polar surface area (TPSA) is 55.6 Å². The number of amides is 1. The van der Waals surface area contributed by atoms with Crippen LogP contribution in [0.25, 0.3) is 0 Å². The molecular weight excluding hydrogens is 252 g/mol. The Labute approximate surface area is 115 Å². The van der Waals surface area contributed by atoms with E-state index in [4.69, 9.17) is 10.5 Å². The lowest BCUT2D eigenvalue weighted by Crippen LogP contribution is -2.44. The van der Waals surface area contributed by atoms with Crippen LogP contribution in [0.2, 0.25) is 0 Å². The zero-order valence-corrected chi connectivity index (χ0v) is 11.7. The Bertz CT molecular complexity index is 346. The Morgan fingerprint density at radius 1 is 1.39 bits per heavy atom. The quantitative estimate of drug-likeness (QED) is 0.843. The molecule has 0 saturated heterocycles. The van der Waals surface area contributed by atoms with Gasteiger partial charge >= 0.3 is 0 Å². The minimum atomic E-state index is -0.487. The van der Waals surface area contributed by atoms with E-state index in [1.807, 2.05) is 30.3 Å². The zero-order valence-electron chi connectivity index (χ0n) is 10.8. The van der Waals surface area contributed by atoms with Crippen molar-refractivity contribution < 1.29 is 9.53 Å². The SMILES string of the molecule is COCCN(C)C(=O)C(N)Cc1ccccc1.Cl. The number of halogens is 1. The summed E-state index contributed by atoms with van der Waals surface area (Å²) >= 11 is 0. The number of likely N-dealkylation sites (N-methyl/N-ethyl adjacent to an activating group) is 1. The Hall–Kier alpha value is -1.10. The summed E-state index contributed by atoms with van der Waals surface area (Å²) in [6.45, 7) is 1.10. The lowest BCUT2D eigenvalue weighted by molar-refractivity contribution is -0.131. The fourth-order valence-corrected chi connectivity index (χ4v) is 1.58. The molecule has 1 amide bonds. The first-order chi connectivity index (χ1) is 8.15. The summed E-state index contributed by atoms with van der Waals surface area (Å²) in [5.41, 5.74) is 6.97. The first-order valence-electron chi connectivity index (χ1n) is 5.68. The summed E-state index contributed by atoms with van der Waals surface area (Å²) in [6, 6.07) is 9.30. The molecular formula is C13H21ClN2O2. The van der Waals surface area contributed by atoms with E-state index < -0.39 is 6.04 Å². The minimum absolute atomic E-state index is 0. The minimum Gasteiger partial charge on any atom is -0.383 e. The Morgan fingerprint density at radius 2 is 2.00 bits per heavy atom. The van der Waals surface area contributed by atoms with E-state index in [0.717, 1.165) is 5.56 Å². The number of rotatable bonds is 6. The highest BCUT2D eigenvalue weighted by Gasteiger charge is 2.17. The van der Waals surface area contributed by atoms with Crippen molar-refractivity contribution in [2.45, 2.75) is 12.5 Å². The molecule has 0 bridgehead atoms. The average molecular weight is 273 g/mol. The molecule has 0 spiro atoms. The van der Waals surface area contributed by atoms with E-state index >= 15 is 0 Å². The van der Waals surface area contributed by atoms with Crippen LogP contribution >= 0.6 is 12.4 Å². The summed E-state index contributed by atoms with van der Waals surface area (Å²) in [4.78, 5) is 13.5. The molecule has 0 aliphatic heterocycles. The van der Waals surface area contributed by atoms with Gasteiger partial charge in [-0.1, -0.05) is 30.3 Å². The van der Waals surface area contributed by atoms with E-state index in [9.17, 15) is 4.79 Å². The van der Waals surface area contributed by atoms with Gasteiger partial charge in [0, 0.05) is 20.7 Å². The van der Waals surface area contributed by atoms with E-state index in [2.05, 4.69) is 0 Å². The van der Waals surface area contributed by atoms with Gasteiger partial charge in [0.15, 0.2) is 0 Å². The molecule has 0 aliphatic carbocycles. The number of hydrogen-bond acceptors (Lipinski definition) is 3. The first-order valence-corrected chi connectivity index (χ1v) is 5.68.